The molecule has 0 saturated carbocycles. The van der Waals surface area contributed by atoms with Crippen LogP contribution < -0.4 is 9.47 Å². The summed E-state index contributed by atoms with van der Waals surface area (Å²) in [5.41, 5.74) is 3.79. The fourth-order valence-corrected chi connectivity index (χ4v) is 3.25. The molecule has 0 fully saturated rings. The Morgan fingerprint density at radius 2 is 1.96 bits per heavy atom. The first-order valence-electron chi connectivity index (χ1n) is 8.33. The Morgan fingerprint density at radius 3 is 2.88 bits per heavy atom. The molecular weight excluding hydrogens is 332 g/mol. The standard InChI is InChI=1S/C19H16N4O3/c24-8-7-22-11-21-15-10-14(2-3-16(15)22)23-6-5-20-19(23)13-1-4-17-18(9-13)26-12-25-17/h1-6,9-11,24H,7-8,12H2. The van der Waals surface area contributed by atoms with Crippen molar-refractivity contribution < 1.29 is 14.6 Å². The maximum absolute atomic E-state index is 9.15. The van der Waals surface area contributed by atoms with Crippen LogP contribution >= 0.6 is 0 Å². The van der Waals surface area contributed by atoms with E-state index in [1.807, 2.05) is 51.7 Å². The Kier molecular flexibility index (Phi) is 3.39. The Balaban J connectivity index is 1.57. The summed E-state index contributed by atoms with van der Waals surface area (Å²) < 4.78 is 14.8. The average molecular weight is 348 g/mol. The first kappa shape index (κ1) is 15.0. The van der Waals surface area contributed by atoms with Gasteiger partial charge in [0.2, 0.25) is 6.79 Å². The fourth-order valence-electron chi connectivity index (χ4n) is 3.25. The molecule has 0 radical (unpaired) electrons. The second-order valence-corrected chi connectivity index (χ2v) is 6.02. The van der Waals surface area contributed by atoms with Gasteiger partial charge in [-0.1, -0.05) is 0 Å². The lowest BCUT2D eigenvalue weighted by atomic mass is 10.2. The van der Waals surface area contributed by atoms with Crippen LogP contribution in [0.5, 0.6) is 11.5 Å². The molecule has 7 nitrogen and oxygen atoms in total. The Bertz CT molecular complexity index is 1100. The highest BCUT2D eigenvalue weighted by Crippen LogP contribution is 2.36. The maximum atomic E-state index is 9.15. The highest BCUT2D eigenvalue weighted by Gasteiger charge is 2.16. The number of rotatable bonds is 4. The second kappa shape index (κ2) is 5.89. The van der Waals surface area contributed by atoms with E-state index in [-0.39, 0.29) is 13.4 Å². The summed E-state index contributed by atoms with van der Waals surface area (Å²) in [5.74, 6) is 2.30. The third kappa shape index (κ3) is 2.33. The molecule has 4 aromatic rings. The highest BCUT2D eigenvalue weighted by molar-refractivity contribution is 5.78. The smallest absolute Gasteiger partial charge is 0.231 e. The van der Waals surface area contributed by atoms with Gasteiger partial charge < -0.3 is 19.1 Å². The van der Waals surface area contributed by atoms with E-state index in [2.05, 4.69) is 9.97 Å². The molecule has 0 bridgehead atoms. The largest absolute Gasteiger partial charge is 0.454 e. The Morgan fingerprint density at radius 1 is 1.04 bits per heavy atom. The molecule has 26 heavy (non-hydrogen) atoms. The molecule has 0 unspecified atom stereocenters. The third-order valence-electron chi connectivity index (χ3n) is 4.50. The minimum absolute atomic E-state index is 0.0863. The van der Waals surface area contributed by atoms with Gasteiger partial charge in [0.15, 0.2) is 11.5 Å². The second-order valence-electron chi connectivity index (χ2n) is 6.02. The number of benzene rings is 2. The molecule has 1 aliphatic rings. The van der Waals surface area contributed by atoms with E-state index in [4.69, 9.17) is 14.6 Å². The van der Waals surface area contributed by atoms with Crippen LogP contribution in [0.2, 0.25) is 0 Å². The molecule has 0 spiro atoms. The number of hydrogen-bond donors (Lipinski definition) is 1. The fraction of sp³-hybridized carbons (Fsp3) is 0.158. The topological polar surface area (TPSA) is 74.3 Å². The Labute approximate surface area is 149 Å². The van der Waals surface area contributed by atoms with Crippen LogP contribution in [-0.2, 0) is 6.54 Å². The zero-order valence-corrected chi connectivity index (χ0v) is 13.9. The van der Waals surface area contributed by atoms with Crippen molar-refractivity contribution in [3.8, 4) is 28.6 Å². The predicted molar refractivity (Wildman–Crippen MR) is 95.5 cm³/mol. The molecule has 2 aromatic heterocycles. The molecule has 1 N–H and O–H groups in total. The summed E-state index contributed by atoms with van der Waals surface area (Å²) in [6, 6.07) is 11.9. The van der Waals surface area contributed by atoms with E-state index >= 15 is 0 Å². The normalized spacial score (nSPS) is 12.8. The lowest BCUT2D eigenvalue weighted by molar-refractivity contribution is 0.174. The van der Waals surface area contributed by atoms with Crippen LogP contribution in [0.3, 0.4) is 0 Å². The third-order valence-corrected chi connectivity index (χ3v) is 4.50. The SMILES string of the molecule is OCCn1cnc2cc(-n3ccnc3-c3ccc4c(c3)OCO4)ccc21. The molecular formula is C19H16N4O3. The van der Waals surface area contributed by atoms with Crippen LogP contribution in [0.4, 0.5) is 0 Å². The number of aliphatic hydroxyl groups excluding tert-OH is 1. The van der Waals surface area contributed by atoms with Gasteiger partial charge in [-0.15, -0.1) is 0 Å². The number of nitrogens with zero attached hydrogens (tertiary/aromatic N) is 4. The molecule has 0 aliphatic carbocycles. The van der Waals surface area contributed by atoms with Crippen molar-refractivity contribution in [3.05, 3.63) is 55.1 Å². The van der Waals surface area contributed by atoms with Crippen LogP contribution in [-0.4, -0.2) is 37.6 Å². The minimum Gasteiger partial charge on any atom is -0.454 e. The van der Waals surface area contributed by atoms with Crippen LogP contribution in [0, 0.1) is 0 Å². The molecule has 7 heteroatoms. The first-order valence-corrected chi connectivity index (χ1v) is 8.33. The van der Waals surface area contributed by atoms with Gasteiger partial charge in [0, 0.05) is 30.2 Å². The van der Waals surface area contributed by atoms with Crippen molar-refractivity contribution in [1.29, 1.82) is 0 Å². The summed E-state index contributed by atoms with van der Waals surface area (Å²) in [5, 5.41) is 9.15. The van der Waals surface area contributed by atoms with Crippen molar-refractivity contribution >= 4 is 11.0 Å². The predicted octanol–water partition coefficient (Wildman–Crippen LogP) is 2.61. The molecule has 5 rings (SSSR count). The van der Waals surface area contributed by atoms with Crippen molar-refractivity contribution in [2.75, 3.05) is 13.4 Å². The number of aliphatic hydroxyl groups is 1. The number of imidazole rings is 2. The van der Waals surface area contributed by atoms with E-state index in [1.54, 1.807) is 12.5 Å². The Hall–Kier alpha value is -3.32. The van der Waals surface area contributed by atoms with E-state index in [0.717, 1.165) is 39.6 Å². The number of ether oxygens (including phenoxy) is 2. The van der Waals surface area contributed by atoms with Gasteiger partial charge in [-0.3, -0.25) is 4.57 Å². The lowest BCUT2D eigenvalue weighted by Crippen LogP contribution is -2.00. The lowest BCUT2D eigenvalue weighted by Gasteiger charge is -2.09. The van der Waals surface area contributed by atoms with E-state index in [9.17, 15) is 0 Å². The quantitative estimate of drug-likeness (QED) is 0.614. The van der Waals surface area contributed by atoms with Crippen LogP contribution in [0.25, 0.3) is 28.1 Å². The van der Waals surface area contributed by atoms with Crippen molar-refractivity contribution in [2.24, 2.45) is 0 Å². The number of hydrogen-bond acceptors (Lipinski definition) is 5. The van der Waals surface area contributed by atoms with Gasteiger partial charge >= 0.3 is 0 Å². The van der Waals surface area contributed by atoms with Crippen molar-refractivity contribution in [3.63, 3.8) is 0 Å². The molecule has 3 heterocycles. The van der Waals surface area contributed by atoms with Crippen LogP contribution in [0.15, 0.2) is 55.1 Å². The number of fused-ring (bicyclic) bond motifs is 2. The zero-order valence-electron chi connectivity index (χ0n) is 13.9. The molecule has 0 atom stereocenters. The number of aromatic nitrogens is 4. The first-order chi connectivity index (χ1) is 12.8. The zero-order chi connectivity index (χ0) is 17.5. The minimum atomic E-state index is 0.0863. The highest BCUT2D eigenvalue weighted by atomic mass is 16.7. The summed E-state index contributed by atoms with van der Waals surface area (Å²) >= 11 is 0. The average Bonchev–Trinajstić information content (AvgIpc) is 3.40. The monoisotopic (exact) mass is 348 g/mol. The van der Waals surface area contributed by atoms with Crippen molar-refractivity contribution in [2.45, 2.75) is 6.54 Å². The van der Waals surface area contributed by atoms with Crippen molar-refractivity contribution in [1.82, 2.24) is 19.1 Å². The van der Waals surface area contributed by atoms with Gasteiger partial charge in [-0.05, 0) is 36.4 Å². The van der Waals surface area contributed by atoms with Gasteiger partial charge in [0.1, 0.15) is 5.82 Å². The van der Waals surface area contributed by atoms with Gasteiger partial charge in [0.05, 0.1) is 24.0 Å². The molecule has 0 amide bonds. The molecule has 0 saturated heterocycles. The molecule has 130 valence electrons. The maximum Gasteiger partial charge on any atom is 0.231 e. The van der Waals surface area contributed by atoms with Gasteiger partial charge in [-0.2, -0.15) is 0 Å². The summed E-state index contributed by atoms with van der Waals surface area (Å²) in [7, 11) is 0. The van der Waals surface area contributed by atoms with Gasteiger partial charge in [-0.25, -0.2) is 9.97 Å². The van der Waals surface area contributed by atoms with Crippen LogP contribution in [0.1, 0.15) is 0 Å². The van der Waals surface area contributed by atoms with E-state index < -0.39 is 0 Å². The summed E-state index contributed by atoms with van der Waals surface area (Å²) in [4.78, 5) is 8.95. The summed E-state index contributed by atoms with van der Waals surface area (Å²) in [6.07, 6.45) is 5.44. The van der Waals surface area contributed by atoms with E-state index in [1.165, 1.54) is 0 Å². The van der Waals surface area contributed by atoms with Gasteiger partial charge in [0.25, 0.3) is 0 Å². The molecule has 2 aromatic carbocycles. The van der Waals surface area contributed by atoms with E-state index in [0.29, 0.717) is 6.54 Å². The summed E-state index contributed by atoms with van der Waals surface area (Å²) in [6.45, 7) is 0.868. The molecule has 1 aliphatic heterocycles.